The fourth-order valence-electron chi connectivity index (χ4n) is 3.28. The largest absolute Gasteiger partial charge is 0.466 e. The molecule has 2 aromatic carbocycles. The van der Waals surface area contributed by atoms with Gasteiger partial charge in [-0.25, -0.2) is 0 Å². The average Bonchev–Trinajstić information content (AvgIpc) is 2.72. The Morgan fingerprint density at radius 2 is 1.63 bits per heavy atom. The van der Waals surface area contributed by atoms with Crippen molar-refractivity contribution in [1.82, 2.24) is 4.90 Å². The summed E-state index contributed by atoms with van der Waals surface area (Å²) < 4.78 is 45.5. The number of alkyl halides is 3. The van der Waals surface area contributed by atoms with Gasteiger partial charge in [0.15, 0.2) is 0 Å². The van der Waals surface area contributed by atoms with Crippen molar-refractivity contribution in [3.05, 3.63) is 71.3 Å². The molecular weight excluding hydrogens is 395 g/mol. The minimum atomic E-state index is -4.54. The number of ether oxygens (including phenoxy) is 1. The van der Waals surface area contributed by atoms with Gasteiger partial charge in [0.25, 0.3) is 5.91 Å². The van der Waals surface area contributed by atoms with Crippen LogP contribution in [0.1, 0.15) is 48.2 Å². The van der Waals surface area contributed by atoms with E-state index in [1.807, 2.05) is 6.92 Å². The van der Waals surface area contributed by atoms with Crippen LogP contribution in [0.25, 0.3) is 0 Å². The molecule has 0 radical (unpaired) electrons. The van der Waals surface area contributed by atoms with Crippen molar-refractivity contribution in [2.75, 3.05) is 13.2 Å². The maximum atomic E-state index is 13.5. The number of nitrogens with zero attached hydrogens (tertiary/aromatic N) is 1. The highest BCUT2D eigenvalue weighted by molar-refractivity contribution is 5.94. The minimum absolute atomic E-state index is 0.0200. The highest BCUT2D eigenvalue weighted by Crippen LogP contribution is 2.32. The van der Waals surface area contributed by atoms with E-state index in [4.69, 9.17) is 4.74 Å². The zero-order chi connectivity index (χ0) is 22.1. The first-order valence-electron chi connectivity index (χ1n) is 9.94. The Labute approximate surface area is 174 Å². The van der Waals surface area contributed by atoms with E-state index in [0.717, 1.165) is 6.07 Å². The summed E-state index contributed by atoms with van der Waals surface area (Å²) in [6, 6.07) is 13.5. The molecule has 1 unspecified atom stereocenters. The standard InChI is InChI=1S/C23H26F3NO3/c1-3-10-19(22(29)30-4-2)16-27(21(28)17-11-6-5-7-12-17)15-18-13-8-9-14-20(18)23(24,25)26/h5-9,11-14,19H,3-4,10,15-16H2,1-2H3. The third-order valence-corrected chi connectivity index (χ3v) is 4.69. The molecule has 0 aliphatic heterocycles. The van der Waals surface area contributed by atoms with Gasteiger partial charge in [0, 0.05) is 18.7 Å². The van der Waals surface area contributed by atoms with E-state index in [0.29, 0.717) is 18.4 Å². The first-order valence-corrected chi connectivity index (χ1v) is 9.94. The second kappa shape index (κ2) is 10.8. The van der Waals surface area contributed by atoms with E-state index < -0.39 is 29.5 Å². The number of hydrogen-bond acceptors (Lipinski definition) is 3. The highest BCUT2D eigenvalue weighted by atomic mass is 19.4. The molecular formula is C23H26F3NO3. The maximum Gasteiger partial charge on any atom is 0.416 e. The molecule has 0 heterocycles. The summed E-state index contributed by atoms with van der Waals surface area (Å²) in [4.78, 5) is 26.8. The zero-order valence-electron chi connectivity index (χ0n) is 17.1. The van der Waals surface area contributed by atoms with Crippen LogP contribution in [0.5, 0.6) is 0 Å². The molecule has 162 valence electrons. The van der Waals surface area contributed by atoms with E-state index in [9.17, 15) is 22.8 Å². The quantitative estimate of drug-likeness (QED) is 0.515. The van der Waals surface area contributed by atoms with Gasteiger partial charge in [0.2, 0.25) is 0 Å². The molecule has 0 bridgehead atoms. The minimum Gasteiger partial charge on any atom is -0.466 e. The predicted molar refractivity (Wildman–Crippen MR) is 108 cm³/mol. The Hall–Kier alpha value is -2.83. The number of esters is 1. The number of carbonyl (C=O) groups excluding carboxylic acids is 2. The second-order valence-electron chi connectivity index (χ2n) is 6.94. The van der Waals surface area contributed by atoms with Gasteiger partial charge in [-0.05, 0) is 37.1 Å². The van der Waals surface area contributed by atoms with Crippen LogP contribution < -0.4 is 0 Å². The molecule has 7 heteroatoms. The first kappa shape index (κ1) is 23.4. The van der Waals surface area contributed by atoms with Crippen molar-refractivity contribution < 1.29 is 27.5 Å². The summed E-state index contributed by atoms with van der Waals surface area (Å²) in [7, 11) is 0. The van der Waals surface area contributed by atoms with E-state index in [1.54, 1.807) is 37.3 Å². The van der Waals surface area contributed by atoms with E-state index in [2.05, 4.69) is 0 Å². The fraction of sp³-hybridized carbons (Fsp3) is 0.391. The van der Waals surface area contributed by atoms with Crippen molar-refractivity contribution in [3.8, 4) is 0 Å². The second-order valence-corrected chi connectivity index (χ2v) is 6.94. The number of rotatable bonds is 9. The lowest BCUT2D eigenvalue weighted by molar-refractivity contribution is -0.149. The molecule has 2 aromatic rings. The van der Waals surface area contributed by atoms with E-state index in [1.165, 1.54) is 23.1 Å². The summed E-state index contributed by atoms with van der Waals surface area (Å²) in [5, 5.41) is 0. The molecule has 0 spiro atoms. The Morgan fingerprint density at radius 1 is 1.00 bits per heavy atom. The summed E-state index contributed by atoms with van der Waals surface area (Å²) in [5.74, 6) is -1.49. The number of benzene rings is 2. The Balaban J connectivity index is 2.39. The fourth-order valence-corrected chi connectivity index (χ4v) is 3.28. The SMILES string of the molecule is CCCC(CN(Cc1ccccc1C(F)(F)F)C(=O)c1ccccc1)C(=O)OCC. The normalized spacial score (nSPS) is 12.3. The summed E-state index contributed by atoms with van der Waals surface area (Å²) >= 11 is 0. The van der Waals surface area contributed by atoms with Crippen LogP contribution in [-0.4, -0.2) is 29.9 Å². The van der Waals surface area contributed by atoms with Gasteiger partial charge in [-0.2, -0.15) is 13.2 Å². The van der Waals surface area contributed by atoms with Crippen LogP contribution in [0.3, 0.4) is 0 Å². The zero-order valence-corrected chi connectivity index (χ0v) is 17.1. The Bertz CT molecular complexity index is 837. The smallest absolute Gasteiger partial charge is 0.416 e. The van der Waals surface area contributed by atoms with Gasteiger partial charge in [-0.3, -0.25) is 9.59 Å². The lowest BCUT2D eigenvalue weighted by Crippen LogP contribution is -2.38. The van der Waals surface area contributed by atoms with Gasteiger partial charge in [0.1, 0.15) is 0 Å². The van der Waals surface area contributed by atoms with Crippen LogP contribution in [0.15, 0.2) is 54.6 Å². The molecule has 0 saturated carbocycles. The van der Waals surface area contributed by atoms with Crippen LogP contribution in [0.2, 0.25) is 0 Å². The molecule has 30 heavy (non-hydrogen) atoms. The Morgan fingerprint density at radius 3 is 2.23 bits per heavy atom. The average molecular weight is 421 g/mol. The number of carbonyl (C=O) groups is 2. The first-order chi connectivity index (χ1) is 14.3. The van der Waals surface area contributed by atoms with E-state index >= 15 is 0 Å². The lowest BCUT2D eigenvalue weighted by atomic mass is 10.0. The third-order valence-electron chi connectivity index (χ3n) is 4.69. The van der Waals surface area contributed by atoms with Gasteiger partial charge in [-0.1, -0.05) is 49.7 Å². The third kappa shape index (κ3) is 6.34. The summed E-state index contributed by atoms with van der Waals surface area (Å²) in [6.45, 7) is 3.50. The van der Waals surface area contributed by atoms with Gasteiger partial charge in [-0.15, -0.1) is 0 Å². The van der Waals surface area contributed by atoms with Gasteiger partial charge >= 0.3 is 12.1 Å². The van der Waals surface area contributed by atoms with Gasteiger partial charge < -0.3 is 9.64 Å². The molecule has 0 aromatic heterocycles. The van der Waals surface area contributed by atoms with Gasteiger partial charge in [0.05, 0.1) is 18.1 Å². The van der Waals surface area contributed by atoms with Crippen molar-refractivity contribution in [1.29, 1.82) is 0 Å². The van der Waals surface area contributed by atoms with Crippen molar-refractivity contribution >= 4 is 11.9 Å². The van der Waals surface area contributed by atoms with Crippen LogP contribution in [-0.2, 0) is 22.3 Å². The topological polar surface area (TPSA) is 46.6 Å². The van der Waals surface area contributed by atoms with Crippen LogP contribution in [0, 0.1) is 5.92 Å². The molecule has 0 N–H and O–H groups in total. The van der Waals surface area contributed by atoms with E-state index in [-0.39, 0.29) is 25.3 Å². The number of amides is 1. The molecule has 0 aliphatic carbocycles. The number of hydrogen-bond donors (Lipinski definition) is 0. The summed E-state index contributed by atoms with van der Waals surface area (Å²) in [6.07, 6.45) is -3.39. The van der Waals surface area contributed by atoms with Crippen molar-refractivity contribution in [2.45, 2.75) is 39.4 Å². The molecule has 0 fully saturated rings. The van der Waals surface area contributed by atoms with Crippen molar-refractivity contribution in [2.24, 2.45) is 5.92 Å². The highest BCUT2D eigenvalue weighted by Gasteiger charge is 2.34. The Kier molecular flexibility index (Phi) is 8.45. The number of halogens is 3. The molecule has 1 atom stereocenters. The van der Waals surface area contributed by atoms with Crippen LogP contribution in [0.4, 0.5) is 13.2 Å². The molecule has 0 saturated heterocycles. The predicted octanol–water partition coefficient (Wildman–Crippen LogP) is 5.33. The lowest BCUT2D eigenvalue weighted by Gasteiger charge is -2.28. The van der Waals surface area contributed by atoms with Crippen molar-refractivity contribution in [3.63, 3.8) is 0 Å². The van der Waals surface area contributed by atoms with Crippen LogP contribution >= 0.6 is 0 Å². The molecule has 4 nitrogen and oxygen atoms in total. The molecule has 2 rings (SSSR count). The molecule has 0 aliphatic rings. The maximum absolute atomic E-state index is 13.5. The monoisotopic (exact) mass is 421 g/mol. The summed E-state index contributed by atoms with van der Waals surface area (Å²) in [5.41, 5.74) is -0.464. The molecule has 1 amide bonds.